The third-order valence-corrected chi connectivity index (χ3v) is 15.2. The fourth-order valence-electron chi connectivity index (χ4n) is 12.1. The van der Waals surface area contributed by atoms with Crippen LogP contribution < -0.4 is 0 Å². The molecule has 0 saturated carbocycles. The second-order valence-electron chi connectivity index (χ2n) is 19.3. The van der Waals surface area contributed by atoms with Crippen LogP contribution in [-0.2, 0) is 0 Å². The average Bonchev–Trinajstić information content (AvgIpc) is 4.30. The van der Waals surface area contributed by atoms with E-state index in [9.17, 15) is 5.26 Å². The number of aromatic nitrogens is 10. The van der Waals surface area contributed by atoms with Crippen molar-refractivity contribution in [2.24, 2.45) is 0 Å². The smallest absolute Gasteiger partial charge is 0.164 e. The fourth-order valence-corrected chi connectivity index (χ4v) is 12.1. The molecule has 0 atom stereocenters. The molecule has 0 aliphatic heterocycles. The Morgan fingerprint density at radius 1 is 0.308 bits per heavy atom. The molecular formula is C67H39N11. The van der Waals surface area contributed by atoms with E-state index in [0.717, 1.165) is 110 Å². The summed E-state index contributed by atoms with van der Waals surface area (Å²) < 4.78 is 9.04. The Labute approximate surface area is 444 Å². The number of fused-ring (bicyclic) bond motifs is 12. The van der Waals surface area contributed by atoms with E-state index in [0.29, 0.717) is 39.7 Å². The first kappa shape index (κ1) is 43.3. The van der Waals surface area contributed by atoms with Gasteiger partial charge < -0.3 is 18.3 Å². The van der Waals surface area contributed by atoms with Crippen molar-refractivity contribution in [3.05, 3.63) is 243 Å². The van der Waals surface area contributed by atoms with E-state index in [1.807, 2.05) is 110 Å². The standard InChI is InChI=1S/C67H39N11/c68-40-47-63(75-50-27-11-7-23-43(50)59-54(75)31-15-35-69-59)65(77-52-29-13-9-25-45(52)61-56(77)33-17-37-71-61)58(67-73-48(41-19-3-1-4-20-41)39-49(74-67)42-21-5-2-6-22-42)66(78-53-30-14-10-26-46(53)62-57(78)34-18-38-72-62)64(47)76-51-28-12-8-24-44(51)60-55(76)32-16-36-70-60/h1-39H. The fraction of sp³-hybridized carbons (Fsp3) is 0. The van der Waals surface area contributed by atoms with Crippen molar-refractivity contribution in [1.29, 1.82) is 5.26 Å². The molecule has 16 aromatic rings. The number of benzene rings is 7. The lowest BCUT2D eigenvalue weighted by atomic mass is 9.96. The van der Waals surface area contributed by atoms with Gasteiger partial charge in [-0.2, -0.15) is 5.26 Å². The van der Waals surface area contributed by atoms with Crippen molar-refractivity contribution in [2.75, 3.05) is 0 Å². The van der Waals surface area contributed by atoms with Crippen LogP contribution in [0.5, 0.6) is 0 Å². The van der Waals surface area contributed by atoms with Crippen molar-refractivity contribution in [3.8, 4) is 62.7 Å². The van der Waals surface area contributed by atoms with Crippen molar-refractivity contribution in [3.63, 3.8) is 0 Å². The van der Waals surface area contributed by atoms with Gasteiger partial charge in [-0.15, -0.1) is 0 Å². The van der Waals surface area contributed by atoms with Crippen LogP contribution in [0, 0.1) is 11.3 Å². The highest BCUT2D eigenvalue weighted by Crippen LogP contribution is 2.51. The van der Waals surface area contributed by atoms with E-state index in [4.69, 9.17) is 29.9 Å². The SMILES string of the molecule is N#Cc1c(-n2c3ccccc3c3ncccc32)c(-n2c3ccccc3c3ncccc32)c(-c2nc(-c3ccccc3)cc(-c3ccccc3)n2)c(-n2c3ccccc3c3ncccc32)c1-n1c2ccccc2c2ncccc21. The number of nitriles is 1. The summed E-state index contributed by atoms with van der Waals surface area (Å²) in [5, 5.41) is 16.6. The molecular weight excluding hydrogens is 959 g/mol. The largest absolute Gasteiger partial charge is 0.305 e. The highest BCUT2D eigenvalue weighted by atomic mass is 15.1. The van der Waals surface area contributed by atoms with Gasteiger partial charge in [-0.3, -0.25) is 19.9 Å². The minimum absolute atomic E-state index is 0.383. The van der Waals surface area contributed by atoms with Crippen molar-refractivity contribution in [1.82, 2.24) is 48.2 Å². The first-order valence-corrected chi connectivity index (χ1v) is 25.8. The molecule has 0 bridgehead atoms. The number of nitrogens with zero attached hydrogens (tertiary/aromatic N) is 11. The van der Waals surface area contributed by atoms with Crippen LogP contribution in [0.3, 0.4) is 0 Å². The van der Waals surface area contributed by atoms with Crippen LogP contribution in [0.1, 0.15) is 5.56 Å². The van der Waals surface area contributed by atoms with Gasteiger partial charge in [-0.25, -0.2) is 9.97 Å². The predicted molar refractivity (Wildman–Crippen MR) is 312 cm³/mol. The molecule has 0 N–H and O–H groups in total. The molecule has 0 aliphatic rings. The van der Waals surface area contributed by atoms with E-state index in [1.165, 1.54) is 0 Å². The van der Waals surface area contributed by atoms with Crippen LogP contribution in [-0.4, -0.2) is 48.2 Å². The first-order valence-electron chi connectivity index (χ1n) is 25.8. The van der Waals surface area contributed by atoms with Gasteiger partial charge in [-0.05, 0) is 78.9 Å². The number of pyridine rings is 4. The van der Waals surface area contributed by atoms with E-state index in [-0.39, 0.29) is 0 Å². The monoisotopic (exact) mass is 997 g/mol. The van der Waals surface area contributed by atoms with Crippen molar-refractivity contribution < 1.29 is 0 Å². The van der Waals surface area contributed by atoms with Crippen LogP contribution in [0.15, 0.2) is 237 Å². The second-order valence-corrected chi connectivity index (χ2v) is 19.3. The highest BCUT2D eigenvalue weighted by molar-refractivity contribution is 6.15. The molecule has 9 heterocycles. The molecule has 16 rings (SSSR count). The average molecular weight is 998 g/mol. The molecule has 0 saturated heterocycles. The Balaban J connectivity index is 1.27. The van der Waals surface area contributed by atoms with Gasteiger partial charge in [0.05, 0.1) is 106 Å². The molecule has 7 aromatic carbocycles. The summed E-state index contributed by atoms with van der Waals surface area (Å²) in [5.74, 6) is 0.426. The van der Waals surface area contributed by atoms with Crippen LogP contribution in [0.2, 0.25) is 0 Å². The molecule has 78 heavy (non-hydrogen) atoms. The van der Waals surface area contributed by atoms with Crippen LogP contribution in [0.4, 0.5) is 0 Å². The number of para-hydroxylation sites is 4. The molecule has 11 nitrogen and oxygen atoms in total. The van der Waals surface area contributed by atoms with E-state index in [1.54, 1.807) is 0 Å². The normalized spacial score (nSPS) is 11.8. The van der Waals surface area contributed by atoms with Gasteiger partial charge in [0.1, 0.15) is 11.6 Å². The quantitative estimate of drug-likeness (QED) is 0.156. The molecule has 0 fully saturated rings. The van der Waals surface area contributed by atoms with Gasteiger partial charge in [0.25, 0.3) is 0 Å². The Morgan fingerprint density at radius 3 is 0.936 bits per heavy atom. The van der Waals surface area contributed by atoms with E-state index in [2.05, 4.69) is 152 Å². The summed E-state index contributed by atoms with van der Waals surface area (Å²) in [6.07, 6.45) is 7.35. The van der Waals surface area contributed by atoms with E-state index < -0.39 is 0 Å². The van der Waals surface area contributed by atoms with Gasteiger partial charge in [0.15, 0.2) is 5.82 Å². The Kier molecular flexibility index (Phi) is 9.43. The van der Waals surface area contributed by atoms with Gasteiger partial charge in [0, 0.05) is 57.5 Å². The highest BCUT2D eigenvalue weighted by Gasteiger charge is 2.36. The minimum Gasteiger partial charge on any atom is -0.305 e. The van der Waals surface area contributed by atoms with Crippen LogP contribution >= 0.6 is 0 Å². The zero-order valence-electron chi connectivity index (χ0n) is 41.4. The minimum atomic E-state index is 0.383. The van der Waals surface area contributed by atoms with Gasteiger partial charge in [-0.1, -0.05) is 133 Å². The first-order chi connectivity index (χ1) is 38.7. The Bertz CT molecular complexity index is 4650. The summed E-state index contributed by atoms with van der Waals surface area (Å²) in [4.78, 5) is 32.0. The molecule has 0 unspecified atom stereocenters. The molecule has 0 amide bonds. The molecule has 362 valence electrons. The molecule has 0 radical (unpaired) electrons. The van der Waals surface area contributed by atoms with Crippen molar-refractivity contribution >= 4 is 87.7 Å². The lowest BCUT2D eigenvalue weighted by Gasteiger charge is -2.28. The van der Waals surface area contributed by atoms with E-state index >= 15 is 0 Å². The number of rotatable bonds is 7. The topological polar surface area (TPSA) is 121 Å². The second kappa shape index (κ2) is 17.0. The van der Waals surface area contributed by atoms with Gasteiger partial charge >= 0.3 is 0 Å². The number of hydrogen-bond acceptors (Lipinski definition) is 7. The summed E-state index contributed by atoms with van der Waals surface area (Å²) in [5.41, 5.74) is 16.8. The maximum atomic E-state index is 12.8. The summed E-state index contributed by atoms with van der Waals surface area (Å²) >= 11 is 0. The molecule has 11 heteroatoms. The predicted octanol–water partition coefficient (Wildman–Crippen LogP) is 15.3. The zero-order valence-corrected chi connectivity index (χ0v) is 41.4. The summed E-state index contributed by atoms with van der Waals surface area (Å²) in [6, 6.07) is 75.3. The lowest BCUT2D eigenvalue weighted by molar-refractivity contribution is 1.02. The molecule has 0 spiro atoms. The summed E-state index contributed by atoms with van der Waals surface area (Å²) in [7, 11) is 0. The zero-order chi connectivity index (χ0) is 51.4. The number of hydrogen-bond donors (Lipinski definition) is 0. The maximum absolute atomic E-state index is 12.8. The third-order valence-electron chi connectivity index (χ3n) is 15.2. The summed E-state index contributed by atoms with van der Waals surface area (Å²) in [6.45, 7) is 0. The van der Waals surface area contributed by atoms with Crippen LogP contribution in [0.25, 0.3) is 144 Å². The third kappa shape index (κ3) is 6.19. The maximum Gasteiger partial charge on any atom is 0.164 e. The Hall–Kier alpha value is -11.1. The van der Waals surface area contributed by atoms with Crippen molar-refractivity contribution in [2.45, 2.75) is 0 Å². The Morgan fingerprint density at radius 2 is 0.603 bits per heavy atom. The molecule has 0 aliphatic carbocycles. The lowest BCUT2D eigenvalue weighted by Crippen LogP contribution is -2.17. The molecule has 9 aromatic heterocycles. The van der Waals surface area contributed by atoms with Gasteiger partial charge in [0.2, 0.25) is 0 Å².